The van der Waals surface area contributed by atoms with Crippen LogP contribution in [-0.2, 0) is 10.0 Å². The highest BCUT2D eigenvalue weighted by molar-refractivity contribution is 7.89. The zero-order valence-electron chi connectivity index (χ0n) is 13.6. The van der Waals surface area contributed by atoms with E-state index in [0.717, 1.165) is 6.42 Å². The second-order valence-corrected chi connectivity index (χ2v) is 8.23. The normalized spacial score (nSPS) is 18.3. The number of pyridine rings is 1. The summed E-state index contributed by atoms with van der Waals surface area (Å²) >= 11 is 5.86. The molecule has 3 heterocycles. The fourth-order valence-electron chi connectivity index (χ4n) is 2.99. The number of benzene rings is 1. The molecule has 1 atom stereocenters. The molecule has 0 bridgehead atoms. The Labute approximate surface area is 155 Å². The third kappa shape index (κ3) is 3.11. The van der Waals surface area contributed by atoms with E-state index in [0.29, 0.717) is 29.5 Å². The van der Waals surface area contributed by atoms with Gasteiger partial charge in [-0.3, -0.25) is 4.98 Å². The third-order valence-electron chi connectivity index (χ3n) is 4.24. The van der Waals surface area contributed by atoms with Crippen LogP contribution >= 0.6 is 11.6 Å². The summed E-state index contributed by atoms with van der Waals surface area (Å²) in [6.07, 6.45) is 2.98. The fourth-order valence-corrected chi connectivity index (χ4v) is 4.76. The molecule has 1 aliphatic heterocycles. The van der Waals surface area contributed by atoms with Crippen LogP contribution in [0.25, 0.3) is 11.5 Å². The van der Waals surface area contributed by atoms with Gasteiger partial charge in [0.25, 0.3) is 0 Å². The van der Waals surface area contributed by atoms with Gasteiger partial charge in [-0.15, -0.1) is 0 Å². The van der Waals surface area contributed by atoms with Gasteiger partial charge in [0.1, 0.15) is 11.7 Å². The van der Waals surface area contributed by atoms with Crippen LogP contribution in [0.1, 0.15) is 24.8 Å². The Hall–Kier alpha value is -2.29. The largest absolute Gasteiger partial charge is 0.337 e. The number of hydrogen-bond acceptors (Lipinski definition) is 6. The lowest BCUT2D eigenvalue weighted by molar-refractivity contribution is 0.290. The second kappa shape index (κ2) is 6.79. The number of halogens is 1. The van der Waals surface area contributed by atoms with Gasteiger partial charge >= 0.3 is 0 Å². The van der Waals surface area contributed by atoms with Crippen molar-refractivity contribution in [3.8, 4) is 11.5 Å². The second-order valence-electron chi connectivity index (χ2n) is 5.90. The van der Waals surface area contributed by atoms with E-state index in [1.54, 1.807) is 30.5 Å². The number of sulfonamides is 1. The quantitative estimate of drug-likeness (QED) is 0.678. The van der Waals surface area contributed by atoms with Crippen molar-refractivity contribution in [2.45, 2.75) is 23.8 Å². The van der Waals surface area contributed by atoms with Crippen LogP contribution in [0.3, 0.4) is 0 Å². The molecule has 3 aromatic rings. The highest BCUT2D eigenvalue weighted by Gasteiger charge is 2.39. The van der Waals surface area contributed by atoms with Crippen molar-refractivity contribution >= 4 is 21.6 Å². The highest BCUT2D eigenvalue weighted by Crippen LogP contribution is 2.36. The molecule has 1 saturated heterocycles. The van der Waals surface area contributed by atoms with E-state index in [2.05, 4.69) is 15.1 Å². The molecule has 0 aliphatic carbocycles. The zero-order valence-corrected chi connectivity index (χ0v) is 15.2. The van der Waals surface area contributed by atoms with E-state index in [1.165, 1.54) is 16.4 Å². The van der Waals surface area contributed by atoms with Gasteiger partial charge in [0, 0.05) is 17.8 Å². The van der Waals surface area contributed by atoms with Gasteiger partial charge in [-0.25, -0.2) is 8.42 Å². The molecule has 9 heteroatoms. The van der Waals surface area contributed by atoms with Crippen molar-refractivity contribution in [3.05, 3.63) is 59.6 Å². The summed E-state index contributed by atoms with van der Waals surface area (Å²) in [6, 6.07) is 11.0. The minimum absolute atomic E-state index is 0.193. The average molecular weight is 391 g/mol. The molecule has 0 radical (unpaired) electrons. The first kappa shape index (κ1) is 17.1. The Morgan fingerprint density at radius 2 is 1.96 bits per heavy atom. The maximum Gasteiger partial charge on any atom is 0.245 e. The Kier molecular flexibility index (Phi) is 4.47. The summed E-state index contributed by atoms with van der Waals surface area (Å²) < 4.78 is 32.7. The van der Waals surface area contributed by atoms with E-state index in [4.69, 9.17) is 16.1 Å². The first-order valence-electron chi connectivity index (χ1n) is 8.08. The summed E-state index contributed by atoms with van der Waals surface area (Å²) in [5.74, 6) is 0.622. The van der Waals surface area contributed by atoms with E-state index < -0.39 is 16.1 Å². The molecule has 0 spiro atoms. The molecule has 2 aromatic heterocycles. The number of rotatable bonds is 4. The van der Waals surface area contributed by atoms with Crippen molar-refractivity contribution in [1.29, 1.82) is 0 Å². The van der Waals surface area contributed by atoms with Gasteiger partial charge in [0.05, 0.1) is 4.90 Å². The number of aromatic nitrogens is 3. The van der Waals surface area contributed by atoms with Crippen LogP contribution in [0, 0.1) is 0 Å². The summed E-state index contributed by atoms with van der Waals surface area (Å²) in [6.45, 7) is 0.400. The van der Waals surface area contributed by atoms with Crippen molar-refractivity contribution in [1.82, 2.24) is 19.4 Å². The highest BCUT2D eigenvalue weighted by atomic mass is 35.5. The summed E-state index contributed by atoms with van der Waals surface area (Å²) in [5.41, 5.74) is 0.576. The fraction of sp³-hybridized carbons (Fsp3) is 0.235. The van der Waals surface area contributed by atoms with Gasteiger partial charge in [0.15, 0.2) is 0 Å². The van der Waals surface area contributed by atoms with Crippen LogP contribution in [0.4, 0.5) is 0 Å². The van der Waals surface area contributed by atoms with Gasteiger partial charge in [-0.05, 0) is 49.2 Å². The molecule has 1 unspecified atom stereocenters. The predicted octanol–water partition coefficient (Wildman–Crippen LogP) is 3.31. The molecular formula is C17H15ClN4O3S. The number of hydrogen-bond donors (Lipinski definition) is 0. The molecule has 1 fully saturated rings. The minimum atomic E-state index is -3.68. The monoisotopic (exact) mass is 390 g/mol. The lowest BCUT2D eigenvalue weighted by atomic mass is 10.2. The maximum absolute atomic E-state index is 13.0. The molecular weight excluding hydrogens is 376 g/mol. The molecule has 134 valence electrons. The van der Waals surface area contributed by atoms with Crippen molar-refractivity contribution in [2.24, 2.45) is 0 Å². The Bertz CT molecular complexity index is 1010. The Morgan fingerprint density at radius 3 is 2.69 bits per heavy atom. The first-order valence-corrected chi connectivity index (χ1v) is 9.90. The molecule has 26 heavy (non-hydrogen) atoms. The SMILES string of the molecule is O=S(=O)(c1ccc(Cl)cc1)N1CCCC1c1nc(-c2ccccn2)no1. The van der Waals surface area contributed by atoms with Crippen LogP contribution in [-0.4, -0.2) is 34.4 Å². The van der Waals surface area contributed by atoms with Crippen LogP contribution < -0.4 is 0 Å². The summed E-state index contributed by atoms with van der Waals surface area (Å²) in [4.78, 5) is 8.74. The molecule has 1 aliphatic rings. The van der Waals surface area contributed by atoms with Gasteiger partial charge < -0.3 is 4.52 Å². The molecule has 0 amide bonds. The van der Waals surface area contributed by atoms with E-state index in [9.17, 15) is 8.42 Å². The molecule has 1 aromatic carbocycles. The lowest BCUT2D eigenvalue weighted by Crippen LogP contribution is -2.30. The Morgan fingerprint density at radius 1 is 1.15 bits per heavy atom. The smallest absolute Gasteiger partial charge is 0.245 e. The predicted molar refractivity (Wildman–Crippen MR) is 94.8 cm³/mol. The zero-order chi connectivity index (χ0) is 18.1. The standard InChI is InChI=1S/C17H15ClN4O3S/c18-12-6-8-13(9-7-12)26(23,24)22-11-3-5-15(22)17-20-16(21-25-17)14-4-1-2-10-19-14/h1-2,4,6-10,15H,3,5,11H2. The van der Waals surface area contributed by atoms with Crippen LogP contribution in [0.5, 0.6) is 0 Å². The van der Waals surface area contributed by atoms with E-state index in [-0.39, 0.29) is 10.8 Å². The van der Waals surface area contributed by atoms with E-state index >= 15 is 0 Å². The Balaban J connectivity index is 1.65. The van der Waals surface area contributed by atoms with Crippen molar-refractivity contribution in [3.63, 3.8) is 0 Å². The maximum atomic E-state index is 13.0. The molecule has 4 rings (SSSR count). The van der Waals surface area contributed by atoms with Gasteiger partial charge in [-0.2, -0.15) is 9.29 Å². The molecule has 7 nitrogen and oxygen atoms in total. The summed E-state index contributed by atoms with van der Waals surface area (Å²) in [7, 11) is -3.68. The number of nitrogens with zero attached hydrogens (tertiary/aromatic N) is 4. The van der Waals surface area contributed by atoms with Gasteiger partial charge in [-0.1, -0.05) is 22.8 Å². The van der Waals surface area contributed by atoms with Crippen molar-refractivity contribution in [2.75, 3.05) is 6.54 Å². The van der Waals surface area contributed by atoms with E-state index in [1.807, 2.05) is 6.07 Å². The molecule has 0 N–H and O–H groups in total. The molecule has 0 saturated carbocycles. The summed E-state index contributed by atoms with van der Waals surface area (Å²) in [5, 5.41) is 4.43. The first-order chi connectivity index (χ1) is 12.6. The van der Waals surface area contributed by atoms with Crippen molar-refractivity contribution < 1.29 is 12.9 Å². The van der Waals surface area contributed by atoms with Crippen LogP contribution in [0.2, 0.25) is 5.02 Å². The third-order valence-corrected chi connectivity index (χ3v) is 6.42. The van der Waals surface area contributed by atoms with Crippen LogP contribution in [0.15, 0.2) is 58.1 Å². The topological polar surface area (TPSA) is 89.2 Å². The minimum Gasteiger partial charge on any atom is -0.337 e. The lowest BCUT2D eigenvalue weighted by Gasteiger charge is -2.21. The average Bonchev–Trinajstić information content (AvgIpc) is 3.32. The van der Waals surface area contributed by atoms with Gasteiger partial charge in [0.2, 0.25) is 21.7 Å².